The Hall–Kier alpha value is -5.72. The first-order chi connectivity index (χ1) is 22.8. The number of carbonyl (C=O) groups is 2. The van der Waals surface area contributed by atoms with E-state index in [9.17, 15) is 20.0 Å². The molecule has 3 aliphatic rings. The molecular formula is C38H28N6O3. The SMILES string of the molecule is Cc1nn2c(ncc3cc(-c4ccccc4)c(-c4ccc([C@]5(N6C(=O)c7ccccc7C6=O)C[C@](O)(C6CC6)C5)cc4)nc32)c1C#N. The summed E-state index contributed by atoms with van der Waals surface area (Å²) in [6.45, 7) is 1.78. The van der Waals surface area contributed by atoms with Crippen LogP contribution in [0.1, 0.15) is 63.2 Å². The van der Waals surface area contributed by atoms with Crippen molar-refractivity contribution in [2.75, 3.05) is 0 Å². The van der Waals surface area contributed by atoms with E-state index in [2.05, 4.69) is 16.2 Å². The first-order valence-corrected chi connectivity index (χ1v) is 15.8. The maximum atomic E-state index is 13.8. The van der Waals surface area contributed by atoms with Crippen LogP contribution >= 0.6 is 0 Å². The summed E-state index contributed by atoms with van der Waals surface area (Å²) in [4.78, 5) is 38.6. The molecule has 1 N–H and O–H groups in total. The fourth-order valence-electron chi connectivity index (χ4n) is 7.76. The average molecular weight is 617 g/mol. The van der Waals surface area contributed by atoms with E-state index in [-0.39, 0.29) is 17.7 Å². The van der Waals surface area contributed by atoms with Crippen LogP contribution in [-0.4, -0.2) is 47.0 Å². The molecule has 0 atom stereocenters. The third kappa shape index (κ3) is 3.88. The van der Waals surface area contributed by atoms with E-state index in [0.29, 0.717) is 52.2 Å². The molecular weight excluding hydrogens is 588 g/mol. The van der Waals surface area contributed by atoms with Gasteiger partial charge in [0.05, 0.1) is 33.7 Å². The van der Waals surface area contributed by atoms with Crippen molar-refractivity contribution in [3.05, 3.63) is 119 Å². The maximum absolute atomic E-state index is 13.8. The minimum Gasteiger partial charge on any atom is -0.389 e. The summed E-state index contributed by atoms with van der Waals surface area (Å²) in [7, 11) is 0. The molecule has 1 aliphatic heterocycles. The molecule has 0 bridgehead atoms. The first-order valence-electron chi connectivity index (χ1n) is 15.8. The molecule has 9 heteroatoms. The Bertz CT molecular complexity index is 2310. The van der Waals surface area contributed by atoms with Crippen molar-refractivity contribution < 1.29 is 14.7 Å². The van der Waals surface area contributed by atoms with E-state index in [1.54, 1.807) is 41.9 Å². The highest BCUT2D eigenvalue weighted by Crippen LogP contribution is 2.61. The molecule has 0 spiro atoms. The quantitative estimate of drug-likeness (QED) is 0.228. The third-order valence-corrected chi connectivity index (χ3v) is 10.2. The summed E-state index contributed by atoms with van der Waals surface area (Å²) in [5.74, 6) is -0.447. The lowest BCUT2D eigenvalue weighted by atomic mass is 9.58. The minimum absolute atomic E-state index is 0.194. The average Bonchev–Trinajstić information content (AvgIpc) is 3.85. The van der Waals surface area contributed by atoms with E-state index in [4.69, 9.17) is 4.98 Å². The van der Waals surface area contributed by atoms with Crippen molar-refractivity contribution in [1.82, 2.24) is 24.5 Å². The Morgan fingerprint density at radius 1 is 0.851 bits per heavy atom. The lowest BCUT2D eigenvalue weighted by Gasteiger charge is -2.57. The van der Waals surface area contributed by atoms with Gasteiger partial charge in [0.2, 0.25) is 0 Å². The second kappa shape index (κ2) is 9.64. The lowest BCUT2D eigenvalue weighted by molar-refractivity contribution is -0.143. The van der Waals surface area contributed by atoms with E-state index < -0.39 is 11.1 Å². The highest BCUT2D eigenvalue weighted by Gasteiger charge is 2.66. The number of nitrogens with zero attached hydrogens (tertiary/aromatic N) is 6. The van der Waals surface area contributed by atoms with Crippen LogP contribution in [0.5, 0.6) is 0 Å². The maximum Gasteiger partial charge on any atom is 0.262 e. The summed E-state index contributed by atoms with van der Waals surface area (Å²) in [5, 5.41) is 26.6. The standard InChI is InChI=1S/C38H28N6O3/c1-22-31(18-39)34-40-19-25-17-30(23-7-3-2-4-8-23)32(41-33(25)44(34)42-22)24-11-13-26(14-12-24)37(20-38(47,21-37)27-15-16-27)43-35(45)28-9-5-6-10-29(28)36(43)46/h2-14,17,19,27,47H,15-16,20-21H2,1H3/t37-,38+. The van der Waals surface area contributed by atoms with Crippen LogP contribution in [-0.2, 0) is 5.54 Å². The van der Waals surface area contributed by atoms with Gasteiger partial charge in [0.15, 0.2) is 11.3 Å². The van der Waals surface area contributed by atoms with Gasteiger partial charge in [0.25, 0.3) is 11.8 Å². The molecule has 4 heterocycles. The van der Waals surface area contributed by atoms with Crippen molar-refractivity contribution in [2.45, 2.75) is 43.7 Å². The fraction of sp³-hybridized carbons (Fsp3) is 0.211. The fourth-order valence-corrected chi connectivity index (χ4v) is 7.76. The number of aliphatic hydroxyl groups is 1. The number of rotatable bonds is 5. The number of hydrogen-bond acceptors (Lipinski definition) is 7. The topological polar surface area (TPSA) is 124 Å². The summed E-state index contributed by atoms with van der Waals surface area (Å²) in [6, 6.07) is 29.0. The Labute approximate surface area is 269 Å². The van der Waals surface area contributed by atoms with Gasteiger partial charge in [-0.2, -0.15) is 14.9 Å². The second-order valence-electron chi connectivity index (χ2n) is 13.1. The second-order valence-corrected chi connectivity index (χ2v) is 13.1. The summed E-state index contributed by atoms with van der Waals surface area (Å²) in [5.41, 5.74) is 5.19. The Kier molecular flexibility index (Phi) is 5.66. The number of benzene rings is 3. The zero-order chi connectivity index (χ0) is 32.1. The number of amides is 2. The highest BCUT2D eigenvalue weighted by atomic mass is 16.3. The molecule has 47 heavy (non-hydrogen) atoms. The Morgan fingerprint density at radius 3 is 2.15 bits per heavy atom. The van der Waals surface area contributed by atoms with E-state index in [1.165, 1.54) is 4.90 Å². The number of carbonyl (C=O) groups excluding carboxylic acids is 2. The number of aromatic nitrogens is 4. The van der Waals surface area contributed by atoms with Gasteiger partial charge in [-0.15, -0.1) is 0 Å². The van der Waals surface area contributed by atoms with Crippen LogP contribution in [0.4, 0.5) is 0 Å². The monoisotopic (exact) mass is 616 g/mol. The van der Waals surface area contributed by atoms with Crippen LogP contribution in [0.2, 0.25) is 0 Å². The third-order valence-electron chi connectivity index (χ3n) is 10.2. The molecule has 2 fully saturated rings. The molecule has 0 unspecified atom stereocenters. The summed E-state index contributed by atoms with van der Waals surface area (Å²) in [6.07, 6.45) is 4.26. The predicted octanol–water partition coefficient (Wildman–Crippen LogP) is 6.22. The first kappa shape index (κ1) is 27.6. The zero-order valence-electron chi connectivity index (χ0n) is 25.5. The minimum atomic E-state index is -0.958. The van der Waals surface area contributed by atoms with Gasteiger partial charge < -0.3 is 5.11 Å². The van der Waals surface area contributed by atoms with Crippen LogP contribution < -0.4 is 0 Å². The molecule has 6 aromatic rings. The molecule has 228 valence electrons. The van der Waals surface area contributed by atoms with Crippen molar-refractivity contribution in [2.24, 2.45) is 5.92 Å². The van der Waals surface area contributed by atoms with Crippen LogP contribution in [0.3, 0.4) is 0 Å². The predicted molar refractivity (Wildman–Crippen MR) is 174 cm³/mol. The van der Waals surface area contributed by atoms with Crippen LogP contribution in [0, 0.1) is 24.2 Å². The van der Waals surface area contributed by atoms with Gasteiger partial charge >= 0.3 is 0 Å². The van der Waals surface area contributed by atoms with Crippen LogP contribution in [0.25, 0.3) is 39.1 Å². The van der Waals surface area contributed by atoms with Gasteiger partial charge in [0.1, 0.15) is 11.6 Å². The Balaban J connectivity index is 1.19. The van der Waals surface area contributed by atoms with Gasteiger partial charge in [-0.25, -0.2) is 9.97 Å². The number of hydrogen-bond donors (Lipinski definition) is 1. The van der Waals surface area contributed by atoms with Crippen molar-refractivity contribution in [1.29, 1.82) is 5.26 Å². The van der Waals surface area contributed by atoms with Gasteiger partial charge in [-0.3, -0.25) is 14.5 Å². The molecule has 3 aromatic carbocycles. The van der Waals surface area contributed by atoms with E-state index in [1.807, 2.05) is 60.7 Å². The van der Waals surface area contributed by atoms with Gasteiger partial charge in [-0.1, -0.05) is 66.7 Å². The Morgan fingerprint density at radius 2 is 1.51 bits per heavy atom. The number of imide groups is 1. The van der Waals surface area contributed by atoms with Crippen LogP contribution in [0.15, 0.2) is 91.1 Å². The molecule has 3 aromatic heterocycles. The molecule has 0 radical (unpaired) electrons. The van der Waals surface area contributed by atoms with Crippen molar-refractivity contribution in [3.63, 3.8) is 0 Å². The van der Waals surface area contributed by atoms with E-state index in [0.717, 1.165) is 40.5 Å². The largest absolute Gasteiger partial charge is 0.389 e. The molecule has 2 aliphatic carbocycles. The molecule has 2 amide bonds. The smallest absolute Gasteiger partial charge is 0.262 e. The van der Waals surface area contributed by atoms with Gasteiger partial charge in [-0.05, 0) is 55.0 Å². The van der Waals surface area contributed by atoms with E-state index >= 15 is 0 Å². The normalized spacial score (nSPS) is 22.0. The highest BCUT2D eigenvalue weighted by molar-refractivity contribution is 6.22. The van der Waals surface area contributed by atoms with Crippen molar-refractivity contribution in [3.8, 4) is 28.5 Å². The number of fused-ring (bicyclic) bond motifs is 4. The summed E-state index contributed by atoms with van der Waals surface area (Å²) >= 11 is 0. The number of pyridine rings is 1. The zero-order valence-corrected chi connectivity index (χ0v) is 25.5. The molecule has 2 saturated carbocycles. The lowest BCUT2D eigenvalue weighted by Crippen LogP contribution is -2.65. The molecule has 9 nitrogen and oxygen atoms in total. The van der Waals surface area contributed by atoms with Gasteiger partial charge in [0, 0.05) is 35.6 Å². The molecule has 9 rings (SSSR count). The summed E-state index contributed by atoms with van der Waals surface area (Å²) < 4.78 is 1.63. The number of aryl methyl sites for hydroxylation is 1. The number of nitriles is 1. The molecule has 0 saturated heterocycles. The van der Waals surface area contributed by atoms with Crippen molar-refractivity contribution >= 4 is 28.5 Å².